The van der Waals surface area contributed by atoms with Crippen LogP contribution in [0.1, 0.15) is 32.3 Å². The lowest BCUT2D eigenvalue weighted by molar-refractivity contribution is 0.585. The molecular formula is C14H22F2IN3. The second kappa shape index (κ2) is 10.8. The Morgan fingerprint density at radius 3 is 2.60 bits per heavy atom. The number of hydrogen-bond donors (Lipinski definition) is 2. The van der Waals surface area contributed by atoms with Crippen molar-refractivity contribution >= 4 is 29.9 Å². The van der Waals surface area contributed by atoms with Crippen molar-refractivity contribution in [2.24, 2.45) is 4.99 Å². The van der Waals surface area contributed by atoms with Gasteiger partial charge in [0.15, 0.2) is 5.96 Å². The molecule has 0 aliphatic rings. The largest absolute Gasteiger partial charge is 0.357 e. The number of halogens is 3. The first-order valence-electron chi connectivity index (χ1n) is 6.63. The van der Waals surface area contributed by atoms with E-state index in [-0.39, 0.29) is 36.1 Å². The van der Waals surface area contributed by atoms with Crippen LogP contribution in [0.25, 0.3) is 0 Å². The standard InChI is InChI=1S/C14H21F2N3.HI/c1-3-5-8-18-14(17-4-2)19-10-11-9-12(15)6-7-13(11)16;/h6-7,9H,3-5,8,10H2,1-2H3,(H2,17,18,19);1H. The first-order valence-corrected chi connectivity index (χ1v) is 6.63. The second-order valence-electron chi connectivity index (χ2n) is 4.21. The molecule has 0 saturated carbocycles. The van der Waals surface area contributed by atoms with E-state index in [1.807, 2.05) is 6.92 Å². The smallest absolute Gasteiger partial charge is 0.191 e. The lowest BCUT2D eigenvalue weighted by Gasteiger charge is -2.10. The van der Waals surface area contributed by atoms with E-state index in [1.165, 1.54) is 6.07 Å². The van der Waals surface area contributed by atoms with Crippen molar-refractivity contribution < 1.29 is 8.78 Å². The van der Waals surface area contributed by atoms with Gasteiger partial charge in [0.2, 0.25) is 0 Å². The number of nitrogens with zero attached hydrogens (tertiary/aromatic N) is 1. The van der Waals surface area contributed by atoms with Gasteiger partial charge in [0.1, 0.15) is 11.6 Å². The van der Waals surface area contributed by atoms with E-state index < -0.39 is 11.6 Å². The molecule has 0 unspecified atom stereocenters. The zero-order valence-corrected chi connectivity index (χ0v) is 14.2. The number of guanidine groups is 1. The van der Waals surface area contributed by atoms with Crippen molar-refractivity contribution in [2.75, 3.05) is 13.1 Å². The normalized spacial score (nSPS) is 10.9. The van der Waals surface area contributed by atoms with Gasteiger partial charge in [-0.25, -0.2) is 13.8 Å². The van der Waals surface area contributed by atoms with Crippen LogP contribution in [0.3, 0.4) is 0 Å². The SMILES string of the molecule is CCCCNC(=NCc1cc(F)ccc1F)NCC.I. The summed E-state index contributed by atoms with van der Waals surface area (Å²) in [7, 11) is 0. The van der Waals surface area contributed by atoms with E-state index in [9.17, 15) is 8.78 Å². The maximum atomic E-state index is 13.4. The molecule has 3 nitrogen and oxygen atoms in total. The van der Waals surface area contributed by atoms with Crippen LogP contribution in [0.5, 0.6) is 0 Å². The molecule has 0 aliphatic heterocycles. The van der Waals surface area contributed by atoms with Crippen LogP contribution < -0.4 is 10.6 Å². The highest BCUT2D eigenvalue weighted by Gasteiger charge is 2.04. The molecule has 114 valence electrons. The Kier molecular flexibility index (Phi) is 10.3. The van der Waals surface area contributed by atoms with Gasteiger partial charge in [0, 0.05) is 18.7 Å². The predicted octanol–water partition coefficient (Wildman–Crippen LogP) is 3.44. The molecule has 0 saturated heterocycles. The number of benzene rings is 1. The molecule has 0 fully saturated rings. The number of aliphatic imine (C=N–C) groups is 1. The van der Waals surface area contributed by atoms with Crippen LogP contribution in [-0.2, 0) is 6.54 Å². The third-order valence-electron chi connectivity index (χ3n) is 2.58. The summed E-state index contributed by atoms with van der Waals surface area (Å²) in [5.74, 6) is -0.260. The molecule has 0 aromatic heterocycles. The van der Waals surface area contributed by atoms with E-state index in [0.29, 0.717) is 5.96 Å². The van der Waals surface area contributed by atoms with E-state index in [0.717, 1.165) is 38.1 Å². The quantitative estimate of drug-likeness (QED) is 0.334. The van der Waals surface area contributed by atoms with Crippen LogP contribution in [0, 0.1) is 11.6 Å². The summed E-state index contributed by atoms with van der Waals surface area (Å²) in [4.78, 5) is 4.25. The summed E-state index contributed by atoms with van der Waals surface area (Å²) in [6, 6.07) is 3.40. The lowest BCUT2D eigenvalue weighted by Crippen LogP contribution is -2.37. The molecule has 0 atom stereocenters. The van der Waals surface area contributed by atoms with Gasteiger partial charge in [-0.15, -0.1) is 24.0 Å². The first kappa shape index (κ1) is 19.1. The Morgan fingerprint density at radius 2 is 1.95 bits per heavy atom. The Bertz CT molecular complexity index is 425. The fourth-order valence-electron chi connectivity index (χ4n) is 1.55. The van der Waals surface area contributed by atoms with Gasteiger partial charge >= 0.3 is 0 Å². The Labute approximate surface area is 136 Å². The Hall–Kier alpha value is -0.920. The molecule has 0 aliphatic carbocycles. The molecule has 6 heteroatoms. The third-order valence-corrected chi connectivity index (χ3v) is 2.58. The Balaban J connectivity index is 0.00000361. The molecule has 0 bridgehead atoms. The number of hydrogen-bond acceptors (Lipinski definition) is 1. The van der Waals surface area contributed by atoms with Crippen LogP contribution in [0.4, 0.5) is 8.78 Å². The van der Waals surface area contributed by atoms with E-state index in [1.54, 1.807) is 0 Å². The average molecular weight is 397 g/mol. The van der Waals surface area contributed by atoms with Crippen molar-refractivity contribution in [3.63, 3.8) is 0 Å². The summed E-state index contributed by atoms with van der Waals surface area (Å²) in [5.41, 5.74) is 0.257. The highest BCUT2D eigenvalue weighted by Crippen LogP contribution is 2.10. The van der Waals surface area contributed by atoms with Gasteiger partial charge in [-0.3, -0.25) is 0 Å². The highest BCUT2D eigenvalue weighted by atomic mass is 127. The van der Waals surface area contributed by atoms with Crippen molar-refractivity contribution in [1.29, 1.82) is 0 Å². The molecule has 1 aromatic carbocycles. The van der Waals surface area contributed by atoms with Gasteiger partial charge in [0.25, 0.3) is 0 Å². The van der Waals surface area contributed by atoms with E-state index in [2.05, 4.69) is 22.5 Å². The van der Waals surface area contributed by atoms with E-state index in [4.69, 9.17) is 0 Å². The fourth-order valence-corrected chi connectivity index (χ4v) is 1.55. The lowest BCUT2D eigenvalue weighted by atomic mass is 10.2. The van der Waals surface area contributed by atoms with Crippen molar-refractivity contribution in [3.05, 3.63) is 35.4 Å². The van der Waals surface area contributed by atoms with Gasteiger partial charge in [-0.05, 0) is 31.5 Å². The molecule has 0 radical (unpaired) electrons. The van der Waals surface area contributed by atoms with Crippen LogP contribution in [0.15, 0.2) is 23.2 Å². The highest BCUT2D eigenvalue weighted by molar-refractivity contribution is 14.0. The minimum absolute atomic E-state index is 0. The average Bonchev–Trinajstić information content (AvgIpc) is 2.40. The van der Waals surface area contributed by atoms with Gasteiger partial charge < -0.3 is 10.6 Å². The second-order valence-corrected chi connectivity index (χ2v) is 4.21. The van der Waals surface area contributed by atoms with Gasteiger partial charge in [-0.2, -0.15) is 0 Å². The summed E-state index contributed by atoms with van der Waals surface area (Å²) in [6.45, 7) is 5.72. The molecule has 0 heterocycles. The molecule has 0 amide bonds. The molecular weight excluding hydrogens is 375 g/mol. The van der Waals surface area contributed by atoms with Crippen molar-refractivity contribution in [2.45, 2.75) is 33.2 Å². The topological polar surface area (TPSA) is 36.4 Å². The maximum absolute atomic E-state index is 13.4. The zero-order valence-electron chi connectivity index (χ0n) is 11.9. The minimum atomic E-state index is -0.449. The molecule has 2 N–H and O–H groups in total. The van der Waals surface area contributed by atoms with Crippen LogP contribution in [-0.4, -0.2) is 19.0 Å². The van der Waals surface area contributed by atoms with Gasteiger partial charge in [-0.1, -0.05) is 13.3 Å². The summed E-state index contributed by atoms with van der Waals surface area (Å²) in [5, 5.41) is 6.22. The summed E-state index contributed by atoms with van der Waals surface area (Å²) in [6.07, 6.45) is 2.13. The van der Waals surface area contributed by atoms with Gasteiger partial charge in [0.05, 0.1) is 6.54 Å². The maximum Gasteiger partial charge on any atom is 0.191 e. The van der Waals surface area contributed by atoms with Crippen LogP contribution in [0.2, 0.25) is 0 Å². The fraction of sp³-hybridized carbons (Fsp3) is 0.500. The zero-order chi connectivity index (χ0) is 14.1. The van der Waals surface area contributed by atoms with Crippen LogP contribution >= 0.6 is 24.0 Å². The predicted molar refractivity (Wildman–Crippen MR) is 89.5 cm³/mol. The van der Waals surface area contributed by atoms with Crippen molar-refractivity contribution in [1.82, 2.24) is 10.6 Å². The number of rotatable bonds is 6. The first-order chi connectivity index (χ1) is 9.17. The monoisotopic (exact) mass is 397 g/mol. The van der Waals surface area contributed by atoms with Crippen molar-refractivity contribution in [3.8, 4) is 0 Å². The molecule has 1 aromatic rings. The number of nitrogens with one attached hydrogen (secondary N) is 2. The Morgan fingerprint density at radius 1 is 1.20 bits per heavy atom. The summed E-state index contributed by atoms with van der Waals surface area (Å²) < 4.78 is 26.5. The molecule has 1 rings (SSSR count). The number of unbranched alkanes of at least 4 members (excludes halogenated alkanes) is 1. The molecule has 0 spiro atoms. The van der Waals surface area contributed by atoms with E-state index >= 15 is 0 Å². The minimum Gasteiger partial charge on any atom is -0.357 e. The molecule has 20 heavy (non-hydrogen) atoms. The third kappa shape index (κ3) is 7.02. The summed E-state index contributed by atoms with van der Waals surface area (Å²) >= 11 is 0.